The lowest BCUT2D eigenvalue weighted by Crippen LogP contribution is -2.09. The van der Waals surface area contributed by atoms with E-state index in [9.17, 15) is 9.18 Å². The van der Waals surface area contributed by atoms with E-state index in [1.54, 1.807) is 6.07 Å². The zero-order chi connectivity index (χ0) is 9.84. The summed E-state index contributed by atoms with van der Waals surface area (Å²) in [4.78, 5) is 10.2. The third kappa shape index (κ3) is 2.41. The number of halogens is 1. The summed E-state index contributed by atoms with van der Waals surface area (Å²) in [7, 11) is 0. The quantitative estimate of drug-likeness (QED) is 0.649. The Hall–Kier alpha value is -1.62. The van der Waals surface area contributed by atoms with Crippen LogP contribution in [-0.4, -0.2) is 11.2 Å². The van der Waals surface area contributed by atoms with Crippen LogP contribution in [0.5, 0.6) is 0 Å². The average Bonchev–Trinajstić information content (AvgIpc) is 2.08. The summed E-state index contributed by atoms with van der Waals surface area (Å²) in [6.45, 7) is 0.226. The van der Waals surface area contributed by atoms with Gasteiger partial charge in [-0.3, -0.25) is 5.32 Å². The van der Waals surface area contributed by atoms with Crippen LogP contribution in [0, 0.1) is 5.82 Å². The molecule has 70 valence electrons. The molecule has 0 aromatic heterocycles. The topological polar surface area (TPSA) is 75.3 Å². The Kier molecular flexibility index (Phi) is 2.81. The van der Waals surface area contributed by atoms with E-state index < -0.39 is 11.9 Å². The van der Waals surface area contributed by atoms with Crippen molar-refractivity contribution in [3.05, 3.63) is 29.6 Å². The smallest absolute Gasteiger partial charge is 0.409 e. The van der Waals surface area contributed by atoms with Crippen molar-refractivity contribution < 1.29 is 14.3 Å². The number of carbonyl (C=O) groups is 1. The van der Waals surface area contributed by atoms with Gasteiger partial charge in [-0.15, -0.1) is 0 Å². The van der Waals surface area contributed by atoms with E-state index in [1.165, 1.54) is 12.1 Å². The summed E-state index contributed by atoms with van der Waals surface area (Å²) >= 11 is 0. The van der Waals surface area contributed by atoms with E-state index in [-0.39, 0.29) is 12.2 Å². The molecule has 5 heteroatoms. The Bertz CT molecular complexity index is 328. The van der Waals surface area contributed by atoms with E-state index in [1.807, 2.05) is 5.32 Å². The molecule has 4 N–H and O–H groups in total. The number of amides is 1. The Morgan fingerprint density at radius 3 is 2.77 bits per heavy atom. The number of hydrogen-bond donors (Lipinski definition) is 3. The summed E-state index contributed by atoms with van der Waals surface area (Å²) < 4.78 is 13.0. The van der Waals surface area contributed by atoms with Crippen LogP contribution >= 0.6 is 0 Å². The van der Waals surface area contributed by atoms with Crippen molar-refractivity contribution in [2.24, 2.45) is 5.73 Å². The average molecular weight is 184 g/mol. The molecule has 0 aliphatic heterocycles. The van der Waals surface area contributed by atoms with Gasteiger partial charge in [-0.1, -0.05) is 6.07 Å². The van der Waals surface area contributed by atoms with Gasteiger partial charge in [0.2, 0.25) is 0 Å². The molecule has 1 aromatic carbocycles. The first-order valence-electron chi connectivity index (χ1n) is 3.62. The monoisotopic (exact) mass is 184 g/mol. The highest BCUT2D eigenvalue weighted by atomic mass is 19.1. The number of nitrogens with one attached hydrogen (secondary N) is 1. The van der Waals surface area contributed by atoms with Crippen molar-refractivity contribution in [1.29, 1.82) is 0 Å². The van der Waals surface area contributed by atoms with Crippen LogP contribution in [0.3, 0.4) is 0 Å². The second kappa shape index (κ2) is 3.86. The zero-order valence-electron chi connectivity index (χ0n) is 6.75. The van der Waals surface area contributed by atoms with E-state index >= 15 is 0 Å². The molecule has 0 saturated heterocycles. The van der Waals surface area contributed by atoms with Gasteiger partial charge in [0.25, 0.3) is 0 Å². The van der Waals surface area contributed by atoms with Crippen molar-refractivity contribution in [3.63, 3.8) is 0 Å². The van der Waals surface area contributed by atoms with Gasteiger partial charge in [-0.25, -0.2) is 9.18 Å². The predicted molar refractivity (Wildman–Crippen MR) is 45.9 cm³/mol. The Morgan fingerprint density at radius 2 is 2.31 bits per heavy atom. The Morgan fingerprint density at radius 1 is 1.62 bits per heavy atom. The zero-order valence-corrected chi connectivity index (χ0v) is 6.75. The molecule has 1 amide bonds. The van der Waals surface area contributed by atoms with Gasteiger partial charge in [0.05, 0.1) is 5.69 Å². The molecule has 0 unspecified atom stereocenters. The van der Waals surface area contributed by atoms with Gasteiger partial charge in [0.1, 0.15) is 5.82 Å². The van der Waals surface area contributed by atoms with Crippen LogP contribution in [-0.2, 0) is 6.54 Å². The second-order valence-electron chi connectivity index (χ2n) is 2.45. The largest absolute Gasteiger partial charge is 0.465 e. The SMILES string of the molecule is NCc1ccc(NC(=O)O)c(F)c1. The lowest BCUT2D eigenvalue weighted by Gasteiger charge is -2.03. The Balaban J connectivity index is 2.91. The summed E-state index contributed by atoms with van der Waals surface area (Å²) in [5.41, 5.74) is 5.82. The summed E-state index contributed by atoms with van der Waals surface area (Å²) in [5, 5.41) is 10.2. The fourth-order valence-electron chi connectivity index (χ4n) is 0.902. The first-order chi connectivity index (χ1) is 6.13. The van der Waals surface area contributed by atoms with Crippen molar-refractivity contribution >= 4 is 11.8 Å². The molecule has 4 nitrogen and oxygen atoms in total. The molecule has 0 heterocycles. The van der Waals surface area contributed by atoms with E-state index in [0.29, 0.717) is 5.56 Å². The third-order valence-corrected chi connectivity index (χ3v) is 1.51. The highest BCUT2D eigenvalue weighted by molar-refractivity contribution is 5.82. The third-order valence-electron chi connectivity index (χ3n) is 1.51. The Labute approximate surface area is 74.2 Å². The molecule has 1 rings (SSSR count). The highest BCUT2D eigenvalue weighted by Crippen LogP contribution is 2.15. The van der Waals surface area contributed by atoms with Crippen LogP contribution in [0.4, 0.5) is 14.9 Å². The van der Waals surface area contributed by atoms with Crippen LogP contribution in [0.25, 0.3) is 0 Å². The van der Waals surface area contributed by atoms with Gasteiger partial charge in [0, 0.05) is 6.54 Å². The number of benzene rings is 1. The van der Waals surface area contributed by atoms with Crippen molar-refractivity contribution in [1.82, 2.24) is 0 Å². The second-order valence-corrected chi connectivity index (χ2v) is 2.45. The number of nitrogens with two attached hydrogens (primary N) is 1. The highest BCUT2D eigenvalue weighted by Gasteiger charge is 2.04. The molecule has 0 bridgehead atoms. The number of anilines is 1. The number of rotatable bonds is 2. The van der Waals surface area contributed by atoms with E-state index in [2.05, 4.69) is 0 Å². The minimum atomic E-state index is -1.29. The summed E-state index contributed by atoms with van der Waals surface area (Å²) in [6.07, 6.45) is -1.29. The number of hydrogen-bond acceptors (Lipinski definition) is 2. The van der Waals surface area contributed by atoms with Gasteiger partial charge in [-0.2, -0.15) is 0 Å². The molecule has 0 aliphatic rings. The normalized spacial score (nSPS) is 9.69. The fraction of sp³-hybridized carbons (Fsp3) is 0.125. The molecule has 0 radical (unpaired) electrons. The first-order valence-corrected chi connectivity index (χ1v) is 3.62. The summed E-state index contributed by atoms with van der Waals surface area (Å²) in [5.74, 6) is -0.620. The summed E-state index contributed by atoms with van der Waals surface area (Å²) in [6, 6.07) is 4.10. The molecule has 0 atom stereocenters. The van der Waals surface area contributed by atoms with Crippen LogP contribution in [0.15, 0.2) is 18.2 Å². The maximum atomic E-state index is 13.0. The lowest BCUT2D eigenvalue weighted by atomic mass is 10.2. The first kappa shape index (κ1) is 9.47. The van der Waals surface area contributed by atoms with E-state index in [0.717, 1.165) is 0 Å². The van der Waals surface area contributed by atoms with Crippen molar-refractivity contribution in [2.45, 2.75) is 6.54 Å². The maximum Gasteiger partial charge on any atom is 0.409 e. The van der Waals surface area contributed by atoms with Gasteiger partial charge < -0.3 is 10.8 Å². The van der Waals surface area contributed by atoms with Crippen molar-refractivity contribution in [2.75, 3.05) is 5.32 Å². The number of carboxylic acid groups (broad SMARTS) is 1. The van der Waals surface area contributed by atoms with Gasteiger partial charge in [-0.05, 0) is 17.7 Å². The van der Waals surface area contributed by atoms with Gasteiger partial charge in [0.15, 0.2) is 0 Å². The fourth-order valence-corrected chi connectivity index (χ4v) is 0.902. The molecule has 13 heavy (non-hydrogen) atoms. The molecule has 1 aromatic rings. The molecule has 0 spiro atoms. The molecule has 0 saturated carbocycles. The maximum absolute atomic E-state index is 13.0. The van der Waals surface area contributed by atoms with Gasteiger partial charge >= 0.3 is 6.09 Å². The minimum absolute atomic E-state index is 0.0651. The van der Waals surface area contributed by atoms with Crippen LogP contribution in [0.2, 0.25) is 0 Å². The molecule has 0 aliphatic carbocycles. The standard InChI is InChI=1S/C8H9FN2O2/c9-6-3-5(4-10)1-2-7(6)11-8(12)13/h1-3,11H,4,10H2,(H,12,13). The molecule has 0 fully saturated rings. The van der Waals surface area contributed by atoms with Crippen LogP contribution < -0.4 is 11.1 Å². The van der Waals surface area contributed by atoms with Crippen LogP contribution in [0.1, 0.15) is 5.56 Å². The lowest BCUT2D eigenvalue weighted by molar-refractivity contribution is 0.209. The molecular formula is C8H9FN2O2. The predicted octanol–water partition coefficient (Wildman–Crippen LogP) is 1.37. The van der Waals surface area contributed by atoms with E-state index in [4.69, 9.17) is 10.8 Å². The minimum Gasteiger partial charge on any atom is -0.465 e. The molecular weight excluding hydrogens is 175 g/mol. The van der Waals surface area contributed by atoms with Crippen molar-refractivity contribution in [3.8, 4) is 0 Å².